The maximum absolute atomic E-state index is 11.2. The average molecular weight is 340 g/mol. The number of hydroxylamine groups is 1. The van der Waals surface area contributed by atoms with E-state index in [-0.39, 0.29) is 11.3 Å². The van der Waals surface area contributed by atoms with E-state index in [1.807, 2.05) is 30.3 Å². The first-order valence-corrected chi connectivity index (χ1v) is 8.60. The summed E-state index contributed by atoms with van der Waals surface area (Å²) in [6, 6.07) is 14.0. The van der Waals surface area contributed by atoms with Crippen molar-refractivity contribution in [2.45, 2.75) is 33.1 Å². The maximum Gasteiger partial charge on any atom is 0.249 e. The minimum atomic E-state index is -0.245. The summed E-state index contributed by atoms with van der Waals surface area (Å²) in [5.74, 6) is 0.349. The van der Waals surface area contributed by atoms with Gasteiger partial charge in [0.05, 0.1) is 15.8 Å². The zero-order chi connectivity index (χ0) is 17.3. The number of aromatic nitrogens is 1. The number of nitrogens with zero attached hydrogens (tertiary/aromatic N) is 1. The fraction of sp³-hybridized carbons (Fsp3) is 0.263. The molecule has 5 heteroatoms. The topological polar surface area (TPSA) is 51.2 Å². The first-order valence-electron chi connectivity index (χ1n) is 7.78. The zero-order valence-electron chi connectivity index (χ0n) is 14.2. The Balaban J connectivity index is 2.12. The Kier molecular flexibility index (Phi) is 4.28. The SMILES string of the molecule is CC(=O)NOc1ccc(C(C)(C)C)cc1-c1nc2ccccc2s1. The molecule has 1 aromatic heterocycles. The van der Waals surface area contributed by atoms with Gasteiger partial charge in [0.25, 0.3) is 0 Å². The molecule has 1 N–H and O–H groups in total. The minimum absolute atomic E-state index is 0.0119. The Labute approximate surface area is 145 Å². The molecular formula is C19H20N2O2S. The molecule has 0 aliphatic carbocycles. The number of benzene rings is 2. The number of hydrogen-bond donors (Lipinski definition) is 1. The molecule has 124 valence electrons. The van der Waals surface area contributed by atoms with Gasteiger partial charge in [0.1, 0.15) is 5.01 Å². The second-order valence-electron chi connectivity index (χ2n) is 6.71. The lowest BCUT2D eigenvalue weighted by Gasteiger charge is -2.20. The Morgan fingerprint density at radius 1 is 1.17 bits per heavy atom. The molecule has 0 bridgehead atoms. The van der Waals surface area contributed by atoms with Crippen LogP contribution in [0.4, 0.5) is 0 Å². The maximum atomic E-state index is 11.2. The summed E-state index contributed by atoms with van der Waals surface area (Å²) in [5, 5.41) is 0.877. The molecule has 0 aliphatic heterocycles. The Morgan fingerprint density at radius 2 is 1.92 bits per heavy atom. The van der Waals surface area contributed by atoms with E-state index < -0.39 is 0 Å². The van der Waals surface area contributed by atoms with Crippen molar-refractivity contribution in [2.24, 2.45) is 0 Å². The number of fused-ring (bicyclic) bond motifs is 1. The van der Waals surface area contributed by atoms with Crippen LogP contribution in [0.15, 0.2) is 42.5 Å². The molecule has 0 radical (unpaired) electrons. The van der Waals surface area contributed by atoms with Crippen LogP contribution in [0.25, 0.3) is 20.8 Å². The number of hydrogen-bond acceptors (Lipinski definition) is 4. The first kappa shape index (κ1) is 16.5. The predicted molar refractivity (Wildman–Crippen MR) is 98.2 cm³/mol. The van der Waals surface area contributed by atoms with Crippen molar-refractivity contribution in [1.29, 1.82) is 0 Å². The molecule has 24 heavy (non-hydrogen) atoms. The smallest absolute Gasteiger partial charge is 0.249 e. The van der Waals surface area contributed by atoms with Crippen molar-refractivity contribution in [3.8, 4) is 16.3 Å². The van der Waals surface area contributed by atoms with Crippen LogP contribution in [0.1, 0.15) is 33.3 Å². The van der Waals surface area contributed by atoms with Crippen molar-refractivity contribution < 1.29 is 9.63 Å². The van der Waals surface area contributed by atoms with Crippen LogP contribution in [-0.2, 0) is 10.2 Å². The quantitative estimate of drug-likeness (QED) is 0.704. The Morgan fingerprint density at radius 3 is 2.58 bits per heavy atom. The van der Waals surface area contributed by atoms with Gasteiger partial charge in [0, 0.05) is 6.92 Å². The molecule has 2 aromatic carbocycles. The van der Waals surface area contributed by atoms with Gasteiger partial charge in [0.15, 0.2) is 5.75 Å². The van der Waals surface area contributed by atoms with Crippen molar-refractivity contribution in [1.82, 2.24) is 10.5 Å². The lowest BCUT2D eigenvalue weighted by Crippen LogP contribution is -2.24. The highest BCUT2D eigenvalue weighted by molar-refractivity contribution is 7.21. The summed E-state index contributed by atoms with van der Waals surface area (Å²) in [7, 11) is 0. The molecule has 0 atom stereocenters. The van der Waals surface area contributed by atoms with E-state index in [2.05, 4.69) is 38.4 Å². The summed E-state index contributed by atoms with van der Waals surface area (Å²) in [4.78, 5) is 21.4. The van der Waals surface area contributed by atoms with E-state index in [0.717, 1.165) is 20.8 Å². The van der Waals surface area contributed by atoms with Crippen LogP contribution in [0, 0.1) is 0 Å². The van der Waals surface area contributed by atoms with Gasteiger partial charge in [-0.05, 0) is 35.2 Å². The van der Waals surface area contributed by atoms with Gasteiger partial charge in [-0.15, -0.1) is 11.3 Å². The lowest BCUT2D eigenvalue weighted by atomic mass is 9.86. The van der Waals surface area contributed by atoms with Gasteiger partial charge in [-0.3, -0.25) is 4.79 Å². The van der Waals surface area contributed by atoms with Crippen molar-refractivity contribution in [2.75, 3.05) is 0 Å². The van der Waals surface area contributed by atoms with E-state index in [0.29, 0.717) is 5.75 Å². The summed E-state index contributed by atoms with van der Waals surface area (Å²) >= 11 is 1.61. The van der Waals surface area contributed by atoms with Crippen LogP contribution < -0.4 is 10.3 Å². The fourth-order valence-electron chi connectivity index (χ4n) is 2.37. The van der Waals surface area contributed by atoms with Crippen molar-refractivity contribution >= 4 is 27.5 Å². The molecule has 0 aliphatic rings. The fourth-order valence-corrected chi connectivity index (χ4v) is 3.35. The van der Waals surface area contributed by atoms with E-state index in [9.17, 15) is 4.79 Å². The predicted octanol–water partition coefficient (Wildman–Crippen LogP) is 4.69. The highest BCUT2D eigenvalue weighted by atomic mass is 32.1. The molecule has 1 heterocycles. The first-order chi connectivity index (χ1) is 11.3. The molecule has 3 aromatic rings. The third-order valence-electron chi connectivity index (χ3n) is 3.67. The van der Waals surface area contributed by atoms with E-state index in [4.69, 9.17) is 9.82 Å². The highest BCUT2D eigenvalue weighted by Crippen LogP contribution is 2.38. The number of para-hydroxylation sites is 1. The molecule has 4 nitrogen and oxygen atoms in total. The summed E-state index contributed by atoms with van der Waals surface area (Å²) in [6.07, 6.45) is 0. The van der Waals surface area contributed by atoms with Gasteiger partial charge < -0.3 is 4.84 Å². The molecule has 0 saturated carbocycles. The molecule has 3 rings (SSSR count). The standard InChI is InChI=1S/C19H20N2O2S/c1-12(22)21-23-16-10-9-13(19(2,3)4)11-14(16)18-20-15-7-5-6-8-17(15)24-18/h5-11H,1-4H3,(H,21,22). The Bertz CT molecular complexity index is 861. The summed E-state index contributed by atoms with van der Waals surface area (Å²) < 4.78 is 1.12. The summed E-state index contributed by atoms with van der Waals surface area (Å²) in [5.41, 5.74) is 5.45. The number of rotatable bonds is 3. The zero-order valence-corrected chi connectivity index (χ0v) is 15.0. The van der Waals surface area contributed by atoms with Crippen molar-refractivity contribution in [3.05, 3.63) is 48.0 Å². The number of nitrogens with one attached hydrogen (secondary N) is 1. The van der Waals surface area contributed by atoms with Gasteiger partial charge >= 0.3 is 0 Å². The monoisotopic (exact) mass is 340 g/mol. The van der Waals surface area contributed by atoms with E-state index in [1.165, 1.54) is 12.5 Å². The number of amides is 1. The largest absolute Gasteiger partial charge is 0.379 e. The number of carbonyl (C=O) groups excluding carboxylic acids is 1. The third kappa shape index (κ3) is 3.41. The summed E-state index contributed by atoms with van der Waals surface area (Å²) in [6.45, 7) is 7.91. The second-order valence-corrected chi connectivity index (χ2v) is 7.74. The van der Waals surface area contributed by atoms with E-state index in [1.54, 1.807) is 11.3 Å². The average Bonchev–Trinajstić information content (AvgIpc) is 2.95. The number of thiazole rings is 1. The third-order valence-corrected chi connectivity index (χ3v) is 4.74. The lowest BCUT2D eigenvalue weighted by molar-refractivity contribution is -0.125. The Hall–Kier alpha value is -2.40. The normalized spacial score (nSPS) is 11.5. The van der Waals surface area contributed by atoms with Gasteiger partial charge in [-0.2, -0.15) is 5.48 Å². The molecule has 0 spiro atoms. The van der Waals surface area contributed by atoms with Gasteiger partial charge in [-0.1, -0.05) is 39.0 Å². The van der Waals surface area contributed by atoms with Crippen LogP contribution in [0.2, 0.25) is 0 Å². The minimum Gasteiger partial charge on any atom is -0.379 e. The van der Waals surface area contributed by atoms with Crippen LogP contribution in [0.5, 0.6) is 5.75 Å². The second kappa shape index (κ2) is 6.24. The van der Waals surface area contributed by atoms with E-state index >= 15 is 0 Å². The number of carbonyl (C=O) groups is 1. The van der Waals surface area contributed by atoms with Crippen LogP contribution >= 0.6 is 11.3 Å². The molecular weight excluding hydrogens is 320 g/mol. The molecule has 0 unspecified atom stereocenters. The van der Waals surface area contributed by atoms with Gasteiger partial charge in [-0.25, -0.2) is 4.98 Å². The van der Waals surface area contributed by atoms with Crippen molar-refractivity contribution in [3.63, 3.8) is 0 Å². The molecule has 0 saturated heterocycles. The highest BCUT2D eigenvalue weighted by Gasteiger charge is 2.19. The van der Waals surface area contributed by atoms with Crippen LogP contribution in [0.3, 0.4) is 0 Å². The molecule has 0 fully saturated rings. The molecule has 1 amide bonds. The van der Waals surface area contributed by atoms with Gasteiger partial charge in [0.2, 0.25) is 5.91 Å². The van der Waals surface area contributed by atoms with Crippen LogP contribution in [-0.4, -0.2) is 10.9 Å².